The molecule has 0 fully saturated rings. The molecule has 122 valence electrons. The lowest BCUT2D eigenvalue weighted by Gasteiger charge is -2.09. The smallest absolute Gasteiger partial charge is 0.270 e. The van der Waals surface area contributed by atoms with E-state index in [4.69, 9.17) is 4.74 Å². The number of rotatable bonds is 5. The number of hydrogen-bond donors (Lipinski definition) is 0. The molecule has 0 saturated carbocycles. The van der Waals surface area contributed by atoms with Crippen molar-refractivity contribution in [3.8, 4) is 5.75 Å². The van der Waals surface area contributed by atoms with Gasteiger partial charge in [-0.25, -0.2) is 9.97 Å². The summed E-state index contributed by atoms with van der Waals surface area (Å²) in [6, 6.07) is 12.4. The molecule has 3 aromatic rings. The Hall–Kier alpha value is -2.67. The van der Waals surface area contributed by atoms with Crippen molar-refractivity contribution < 1.29 is 9.66 Å². The largest absolute Gasteiger partial charge is 0.496 e. The first-order chi connectivity index (χ1) is 11.6. The molecule has 24 heavy (non-hydrogen) atoms. The summed E-state index contributed by atoms with van der Waals surface area (Å²) in [6.07, 6.45) is 0. The van der Waals surface area contributed by atoms with Gasteiger partial charge in [0.05, 0.1) is 17.5 Å². The molecule has 3 rings (SSSR count). The molecule has 6 nitrogen and oxygen atoms in total. The summed E-state index contributed by atoms with van der Waals surface area (Å²) in [5.41, 5.74) is 1.70. The number of ether oxygens (including phenoxy) is 1. The fourth-order valence-electron chi connectivity index (χ4n) is 2.41. The molecule has 0 unspecified atom stereocenters. The molecule has 0 aliphatic carbocycles. The number of aryl methyl sites for hydroxylation is 1. The molecule has 7 heteroatoms. The maximum atomic E-state index is 11.0. The fraction of sp³-hybridized carbons (Fsp3) is 0.176. The summed E-state index contributed by atoms with van der Waals surface area (Å²) in [5, 5.41) is 12.8. The number of para-hydroxylation sites is 1. The van der Waals surface area contributed by atoms with Crippen LogP contribution in [0.1, 0.15) is 11.4 Å². The number of aromatic nitrogens is 2. The molecule has 0 amide bonds. The van der Waals surface area contributed by atoms with Crippen LogP contribution >= 0.6 is 11.8 Å². The van der Waals surface area contributed by atoms with E-state index in [9.17, 15) is 10.1 Å². The molecule has 1 aromatic heterocycles. The second kappa shape index (κ2) is 6.84. The fourth-order valence-corrected chi connectivity index (χ4v) is 3.45. The van der Waals surface area contributed by atoms with Crippen molar-refractivity contribution >= 4 is 28.4 Å². The summed E-state index contributed by atoms with van der Waals surface area (Å²) in [7, 11) is 1.56. The number of methoxy groups -OCH3 is 1. The third-order valence-electron chi connectivity index (χ3n) is 3.52. The third-order valence-corrected chi connectivity index (χ3v) is 4.56. The van der Waals surface area contributed by atoms with Crippen molar-refractivity contribution in [3.63, 3.8) is 0 Å². The first kappa shape index (κ1) is 16.2. The standard InChI is InChI=1S/C17H15N3O3S/c1-11-18-15-6-4-3-5-14(15)17(19-11)24-10-12-9-13(20(21)22)7-8-16(12)23-2/h3-9H,10H2,1-2H3. The number of nitro benzene ring substituents is 1. The lowest BCUT2D eigenvalue weighted by molar-refractivity contribution is -0.384. The molecular formula is C17H15N3O3S. The molecule has 0 N–H and O–H groups in total. The Labute approximate surface area is 143 Å². The monoisotopic (exact) mass is 341 g/mol. The zero-order chi connectivity index (χ0) is 17.1. The van der Waals surface area contributed by atoms with Crippen LogP contribution in [0.15, 0.2) is 47.5 Å². The van der Waals surface area contributed by atoms with Gasteiger partial charge in [0.25, 0.3) is 5.69 Å². The number of hydrogen-bond acceptors (Lipinski definition) is 6. The first-order valence-corrected chi connectivity index (χ1v) is 8.24. The van der Waals surface area contributed by atoms with Crippen LogP contribution in [0, 0.1) is 17.0 Å². The van der Waals surface area contributed by atoms with Gasteiger partial charge in [0, 0.05) is 28.8 Å². The third kappa shape index (κ3) is 3.30. The molecule has 2 aromatic carbocycles. The maximum absolute atomic E-state index is 11.0. The van der Waals surface area contributed by atoms with E-state index in [1.165, 1.54) is 17.8 Å². The Balaban J connectivity index is 1.94. The van der Waals surface area contributed by atoms with Crippen LogP contribution in [0.3, 0.4) is 0 Å². The molecule has 1 heterocycles. The van der Waals surface area contributed by atoms with Gasteiger partial charge < -0.3 is 4.74 Å². The Morgan fingerprint density at radius 2 is 2.00 bits per heavy atom. The van der Waals surface area contributed by atoms with Gasteiger partial charge in [0.1, 0.15) is 16.6 Å². The summed E-state index contributed by atoms with van der Waals surface area (Å²) in [4.78, 5) is 19.5. The van der Waals surface area contributed by atoms with Crippen LogP contribution in [0.2, 0.25) is 0 Å². The van der Waals surface area contributed by atoms with E-state index in [1.807, 2.05) is 31.2 Å². The number of non-ortho nitro benzene ring substituents is 1. The summed E-state index contributed by atoms with van der Waals surface area (Å²) in [6.45, 7) is 1.85. The normalized spacial score (nSPS) is 10.8. The van der Waals surface area contributed by atoms with Crippen molar-refractivity contribution in [1.82, 2.24) is 9.97 Å². The second-order valence-electron chi connectivity index (χ2n) is 5.14. The highest BCUT2D eigenvalue weighted by Crippen LogP contribution is 2.32. The van der Waals surface area contributed by atoms with E-state index in [0.717, 1.165) is 21.5 Å². The summed E-state index contributed by atoms with van der Waals surface area (Å²) >= 11 is 1.51. The molecule has 0 atom stereocenters. The van der Waals surface area contributed by atoms with Crippen molar-refractivity contribution in [2.24, 2.45) is 0 Å². The Morgan fingerprint density at radius 1 is 1.21 bits per heavy atom. The Kier molecular flexibility index (Phi) is 4.61. The van der Waals surface area contributed by atoms with Gasteiger partial charge in [-0.3, -0.25) is 10.1 Å². The quantitative estimate of drug-likeness (QED) is 0.300. The van der Waals surface area contributed by atoms with Gasteiger partial charge in [-0.2, -0.15) is 0 Å². The van der Waals surface area contributed by atoms with Crippen LogP contribution < -0.4 is 4.74 Å². The van der Waals surface area contributed by atoms with E-state index in [2.05, 4.69) is 9.97 Å². The van der Waals surface area contributed by atoms with Gasteiger partial charge >= 0.3 is 0 Å². The van der Waals surface area contributed by atoms with E-state index in [-0.39, 0.29) is 5.69 Å². The highest BCUT2D eigenvalue weighted by Gasteiger charge is 2.13. The molecular weight excluding hydrogens is 326 g/mol. The number of nitro groups is 1. The first-order valence-electron chi connectivity index (χ1n) is 7.26. The van der Waals surface area contributed by atoms with Crippen LogP contribution in [0.25, 0.3) is 10.9 Å². The topological polar surface area (TPSA) is 78.2 Å². The maximum Gasteiger partial charge on any atom is 0.270 e. The Bertz CT molecular complexity index is 915. The predicted molar refractivity (Wildman–Crippen MR) is 93.5 cm³/mol. The van der Waals surface area contributed by atoms with Gasteiger partial charge in [-0.15, -0.1) is 11.8 Å². The Morgan fingerprint density at radius 3 is 2.75 bits per heavy atom. The minimum Gasteiger partial charge on any atom is -0.496 e. The zero-order valence-corrected chi connectivity index (χ0v) is 14.0. The van der Waals surface area contributed by atoms with Crippen molar-refractivity contribution in [2.75, 3.05) is 7.11 Å². The van der Waals surface area contributed by atoms with Crippen LogP contribution in [0.4, 0.5) is 5.69 Å². The summed E-state index contributed by atoms with van der Waals surface area (Å²) < 4.78 is 5.31. The van der Waals surface area contributed by atoms with E-state index in [0.29, 0.717) is 17.3 Å². The average Bonchev–Trinajstić information content (AvgIpc) is 2.59. The highest BCUT2D eigenvalue weighted by molar-refractivity contribution is 7.98. The van der Waals surface area contributed by atoms with Gasteiger partial charge in [0.2, 0.25) is 0 Å². The minimum absolute atomic E-state index is 0.0510. The van der Waals surface area contributed by atoms with E-state index < -0.39 is 4.92 Å². The lowest BCUT2D eigenvalue weighted by Crippen LogP contribution is -1.96. The predicted octanol–water partition coefficient (Wildman–Crippen LogP) is 4.15. The van der Waals surface area contributed by atoms with Crippen LogP contribution in [-0.4, -0.2) is 22.0 Å². The number of nitrogens with zero attached hydrogens (tertiary/aromatic N) is 3. The number of benzene rings is 2. The zero-order valence-electron chi connectivity index (χ0n) is 13.2. The lowest BCUT2D eigenvalue weighted by atomic mass is 10.2. The molecule has 0 aliphatic heterocycles. The van der Waals surface area contributed by atoms with Crippen molar-refractivity contribution in [3.05, 3.63) is 64.0 Å². The molecule has 0 bridgehead atoms. The van der Waals surface area contributed by atoms with Gasteiger partial charge in [-0.05, 0) is 19.1 Å². The minimum atomic E-state index is -0.405. The molecule has 0 spiro atoms. The molecule has 0 radical (unpaired) electrons. The van der Waals surface area contributed by atoms with Gasteiger partial charge in [0.15, 0.2) is 0 Å². The average molecular weight is 341 g/mol. The second-order valence-corrected chi connectivity index (χ2v) is 6.10. The van der Waals surface area contributed by atoms with Crippen molar-refractivity contribution in [1.29, 1.82) is 0 Å². The molecule has 0 aliphatic rings. The van der Waals surface area contributed by atoms with Gasteiger partial charge in [-0.1, -0.05) is 18.2 Å². The van der Waals surface area contributed by atoms with Crippen LogP contribution in [0.5, 0.6) is 5.75 Å². The van der Waals surface area contributed by atoms with Crippen LogP contribution in [-0.2, 0) is 5.75 Å². The van der Waals surface area contributed by atoms with E-state index >= 15 is 0 Å². The van der Waals surface area contributed by atoms with E-state index in [1.54, 1.807) is 19.2 Å². The number of fused-ring (bicyclic) bond motifs is 1. The highest BCUT2D eigenvalue weighted by atomic mass is 32.2. The molecule has 0 saturated heterocycles. The van der Waals surface area contributed by atoms with Crippen molar-refractivity contribution in [2.45, 2.75) is 17.7 Å². The SMILES string of the molecule is COc1ccc([N+](=O)[O-])cc1CSc1nc(C)nc2ccccc12. The summed E-state index contributed by atoms with van der Waals surface area (Å²) in [5.74, 6) is 1.84. The number of thioether (sulfide) groups is 1.